The van der Waals surface area contributed by atoms with Crippen LogP contribution in [0.4, 0.5) is 28.0 Å². The lowest BCUT2D eigenvalue weighted by molar-refractivity contribution is -0.127. The largest absolute Gasteiger partial charge is 0.351 e. The van der Waals surface area contributed by atoms with Crippen molar-refractivity contribution in [3.05, 3.63) is 29.8 Å². The Balaban J connectivity index is 2.72. The molecule has 0 saturated carbocycles. The number of halogens is 4. The van der Waals surface area contributed by atoms with Gasteiger partial charge in [-0.25, -0.2) is 13.6 Å². The Labute approximate surface area is 94.6 Å². The highest BCUT2D eigenvalue weighted by Gasteiger charge is 2.40. The molecular formula is C10H10F4N2O. The first-order chi connectivity index (χ1) is 7.81. The molecule has 17 heavy (non-hydrogen) atoms. The zero-order valence-electron chi connectivity index (χ0n) is 8.59. The molecule has 0 heterocycles. The third-order valence-electron chi connectivity index (χ3n) is 1.98. The zero-order valence-corrected chi connectivity index (χ0v) is 8.59. The molecule has 94 valence electrons. The summed E-state index contributed by atoms with van der Waals surface area (Å²) < 4.78 is 49.3. The van der Waals surface area contributed by atoms with E-state index in [-0.39, 0.29) is 5.56 Å². The van der Waals surface area contributed by atoms with Gasteiger partial charge in [-0.2, -0.15) is 8.78 Å². The van der Waals surface area contributed by atoms with Crippen LogP contribution in [-0.4, -0.2) is 18.4 Å². The number of carbonyl (C=O) groups excluding carboxylic acids is 1. The fourth-order valence-corrected chi connectivity index (χ4v) is 1.20. The number of nitrogens with two attached hydrogens (primary N) is 1. The molecule has 1 rings (SSSR count). The first kappa shape index (κ1) is 13.3. The number of benzene rings is 1. The quantitative estimate of drug-likeness (QED) is 0.793. The van der Waals surface area contributed by atoms with Gasteiger partial charge in [-0.3, -0.25) is 0 Å². The van der Waals surface area contributed by atoms with Gasteiger partial charge in [0.2, 0.25) is 0 Å². The maximum absolute atomic E-state index is 12.7. The van der Waals surface area contributed by atoms with Gasteiger partial charge in [0.05, 0.1) is 0 Å². The normalized spacial score (nSPS) is 11.6. The maximum atomic E-state index is 12.7. The van der Waals surface area contributed by atoms with Crippen LogP contribution in [0, 0.1) is 0 Å². The summed E-state index contributed by atoms with van der Waals surface area (Å²) in [6, 6.07) is 4.27. The van der Waals surface area contributed by atoms with Gasteiger partial charge >= 0.3 is 18.4 Å². The van der Waals surface area contributed by atoms with E-state index < -0.39 is 24.8 Å². The Bertz CT molecular complexity index is 392. The van der Waals surface area contributed by atoms with E-state index in [4.69, 9.17) is 5.73 Å². The number of alkyl halides is 4. The minimum Gasteiger partial charge on any atom is -0.351 e. The van der Waals surface area contributed by atoms with E-state index in [0.717, 1.165) is 0 Å². The van der Waals surface area contributed by atoms with Crippen LogP contribution in [0.15, 0.2) is 24.3 Å². The van der Waals surface area contributed by atoms with Crippen molar-refractivity contribution < 1.29 is 22.4 Å². The average Bonchev–Trinajstić information content (AvgIpc) is 2.19. The third kappa shape index (κ3) is 3.93. The van der Waals surface area contributed by atoms with Crippen LogP contribution in [0.2, 0.25) is 0 Å². The summed E-state index contributed by atoms with van der Waals surface area (Å²) in [4.78, 5) is 10.5. The van der Waals surface area contributed by atoms with Crippen molar-refractivity contribution in [2.75, 3.05) is 5.32 Å². The summed E-state index contributed by atoms with van der Waals surface area (Å²) in [5.74, 6) is -4.06. The molecule has 0 bridgehead atoms. The molecule has 0 aliphatic carbocycles. The van der Waals surface area contributed by atoms with Crippen LogP contribution in [0.25, 0.3) is 0 Å². The second-order valence-corrected chi connectivity index (χ2v) is 3.42. The predicted octanol–water partition coefficient (Wildman–Crippen LogP) is 2.62. The minimum atomic E-state index is -4.06. The molecule has 0 atom stereocenters. The van der Waals surface area contributed by atoms with Crippen molar-refractivity contribution in [3.63, 3.8) is 0 Å². The van der Waals surface area contributed by atoms with Crippen molar-refractivity contribution in [1.29, 1.82) is 0 Å². The number of anilines is 1. The van der Waals surface area contributed by atoms with Gasteiger partial charge in [-0.1, -0.05) is 12.1 Å². The topological polar surface area (TPSA) is 55.1 Å². The molecule has 0 aliphatic heterocycles. The van der Waals surface area contributed by atoms with E-state index in [9.17, 15) is 22.4 Å². The molecule has 2 amide bonds. The van der Waals surface area contributed by atoms with Gasteiger partial charge in [0.1, 0.15) is 0 Å². The lowest BCUT2D eigenvalue weighted by atomic mass is 10.1. The van der Waals surface area contributed by atoms with Crippen molar-refractivity contribution >= 4 is 11.7 Å². The molecule has 0 saturated heterocycles. The second kappa shape index (κ2) is 5.03. The Morgan fingerprint density at radius 3 is 2.24 bits per heavy atom. The summed E-state index contributed by atoms with van der Waals surface area (Å²) >= 11 is 0. The Hall–Kier alpha value is -1.79. The molecule has 1 aromatic rings. The lowest BCUT2D eigenvalue weighted by Crippen LogP contribution is -2.29. The number of carbonyl (C=O) groups is 1. The number of primary amides is 1. The van der Waals surface area contributed by atoms with Crippen molar-refractivity contribution in [2.24, 2.45) is 5.73 Å². The van der Waals surface area contributed by atoms with E-state index in [1.165, 1.54) is 24.3 Å². The molecular weight excluding hydrogens is 240 g/mol. The van der Waals surface area contributed by atoms with Gasteiger partial charge in [0.15, 0.2) is 0 Å². The van der Waals surface area contributed by atoms with E-state index in [0.29, 0.717) is 5.69 Å². The van der Waals surface area contributed by atoms with Gasteiger partial charge in [0.25, 0.3) is 0 Å². The summed E-state index contributed by atoms with van der Waals surface area (Å²) in [6.45, 7) is 0. The van der Waals surface area contributed by atoms with Gasteiger partial charge in [0, 0.05) is 12.1 Å². The van der Waals surface area contributed by atoms with E-state index in [1.54, 1.807) is 0 Å². The Morgan fingerprint density at radius 2 is 1.82 bits per heavy atom. The van der Waals surface area contributed by atoms with Crippen LogP contribution in [0.3, 0.4) is 0 Å². The highest BCUT2D eigenvalue weighted by atomic mass is 19.3. The Morgan fingerprint density at radius 1 is 1.29 bits per heavy atom. The summed E-state index contributed by atoms with van der Waals surface area (Å²) in [7, 11) is 0. The fourth-order valence-electron chi connectivity index (χ4n) is 1.20. The van der Waals surface area contributed by atoms with Crippen LogP contribution in [0.1, 0.15) is 5.56 Å². The average molecular weight is 250 g/mol. The number of hydrogen-bond acceptors (Lipinski definition) is 1. The number of hydrogen-bond donors (Lipinski definition) is 2. The van der Waals surface area contributed by atoms with Crippen molar-refractivity contribution in [1.82, 2.24) is 0 Å². The summed E-state index contributed by atoms with van der Waals surface area (Å²) in [5.41, 5.74) is 5.19. The zero-order chi connectivity index (χ0) is 13.1. The molecule has 7 heteroatoms. The molecule has 0 aliphatic rings. The molecule has 3 nitrogen and oxygen atoms in total. The fraction of sp³-hybridized carbons (Fsp3) is 0.300. The number of urea groups is 1. The molecule has 0 unspecified atom stereocenters. The molecule has 0 aromatic heterocycles. The van der Waals surface area contributed by atoms with Crippen molar-refractivity contribution in [2.45, 2.75) is 18.8 Å². The number of rotatable bonds is 4. The van der Waals surface area contributed by atoms with Crippen LogP contribution >= 0.6 is 0 Å². The minimum absolute atomic E-state index is 0.0466. The van der Waals surface area contributed by atoms with Crippen LogP contribution in [0.5, 0.6) is 0 Å². The van der Waals surface area contributed by atoms with Crippen molar-refractivity contribution in [3.8, 4) is 0 Å². The SMILES string of the molecule is NC(=O)Nc1ccc(CC(F)(F)C(F)F)cc1. The monoisotopic (exact) mass is 250 g/mol. The standard InChI is InChI=1S/C10H10F4N2O/c11-8(12)10(13,14)5-6-1-3-7(4-2-6)16-9(15)17/h1-4,8H,5H2,(H3,15,16,17). The predicted molar refractivity (Wildman–Crippen MR) is 54.3 cm³/mol. The first-order valence-electron chi connectivity index (χ1n) is 4.62. The molecule has 0 radical (unpaired) electrons. The van der Waals surface area contributed by atoms with Gasteiger partial charge < -0.3 is 11.1 Å². The summed E-state index contributed by atoms with van der Waals surface area (Å²) in [6.07, 6.45) is -4.76. The van der Waals surface area contributed by atoms with Crippen LogP contribution in [-0.2, 0) is 6.42 Å². The third-order valence-corrected chi connectivity index (χ3v) is 1.98. The highest BCUT2D eigenvalue weighted by Crippen LogP contribution is 2.27. The Kier molecular flexibility index (Phi) is 3.93. The smallest absolute Gasteiger partial charge is 0.316 e. The molecule has 3 N–H and O–H groups in total. The van der Waals surface area contributed by atoms with E-state index in [2.05, 4.69) is 5.32 Å². The maximum Gasteiger partial charge on any atom is 0.316 e. The van der Waals surface area contributed by atoms with E-state index in [1.807, 2.05) is 0 Å². The molecule has 0 spiro atoms. The molecule has 1 aromatic carbocycles. The van der Waals surface area contributed by atoms with E-state index >= 15 is 0 Å². The number of amides is 2. The highest BCUT2D eigenvalue weighted by molar-refractivity contribution is 5.87. The summed E-state index contributed by atoms with van der Waals surface area (Å²) in [5, 5.41) is 2.22. The second-order valence-electron chi connectivity index (χ2n) is 3.42. The van der Waals surface area contributed by atoms with Gasteiger partial charge in [-0.15, -0.1) is 0 Å². The van der Waals surface area contributed by atoms with Gasteiger partial charge in [-0.05, 0) is 17.7 Å². The lowest BCUT2D eigenvalue weighted by Gasteiger charge is -2.15. The number of nitrogens with one attached hydrogen (secondary N) is 1. The molecule has 0 fully saturated rings. The van der Waals surface area contributed by atoms with Crippen LogP contribution < -0.4 is 11.1 Å². The first-order valence-corrected chi connectivity index (χ1v) is 4.62.